The van der Waals surface area contributed by atoms with Gasteiger partial charge in [0.05, 0.1) is 5.92 Å². The molecule has 3 nitrogen and oxygen atoms in total. The van der Waals surface area contributed by atoms with Crippen LogP contribution in [0, 0.1) is 0 Å². The number of fused-ring (bicyclic) bond motifs is 2. The fourth-order valence-corrected chi connectivity index (χ4v) is 4.00. The van der Waals surface area contributed by atoms with Crippen molar-refractivity contribution >= 4 is 11.0 Å². The molecule has 1 aliphatic carbocycles. The number of hydrogen-bond acceptors (Lipinski definition) is 3. The number of likely N-dealkylation sites (N-methyl/N-ethyl adjacent to an activating group) is 1. The Morgan fingerprint density at radius 2 is 1.96 bits per heavy atom. The maximum atomic E-state index is 6.40. The van der Waals surface area contributed by atoms with Gasteiger partial charge in [0.15, 0.2) is 0 Å². The van der Waals surface area contributed by atoms with E-state index in [2.05, 4.69) is 48.3 Å². The summed E-state index contributed by atoms with van der Waals surface area (Å²) in [7, 11) is 2.18. The first-order valence-corrected chi connectivity index (χ1v) is 8.72. The number of hydrogen-bond donors (Lipinski definition) is 1. The number of para-hydroxylation sites is 1. The van der Waals surface area contributed by atoms with Crippen molar-refractivity contribution in [3.05, 3.63) is 71.0 Å². The third-order valence-electron chi connectivity index (χ3n) is 5.60. The second-order valence-corrected chi connectivity index (χ2v) is 7.51. The minimum atomic E-state index is -0.0695. The minimum absolute atomic E-state index is 0.0695. The number of nitrogens with zero attached hydrogens (tertiary/aromatic N) is 1. The molecule has 122 valence electrons. The molecule has 0 bridgehead atoms. The summed E-state index contributed by atoms with van der Waals surface area (Å²) < 4.78 is 6.17. The molecule has 1 atom stereocenters. The van der Waals surface area contributed by atoms with Gasteiger partial charge in [0, 0.05) is 24.0 Å². The molecule has 3 aromatic rings. The average Bonchev–Trinajstić information content (AvgIpc) is 3.19. The first kappa shape index (κ1) is 14.3. The summed E-state index contributed by atoms with van der Waals surface area (Å²) in [4.78, 5) is 2.38. The van der Waals surface area contributed by atoms with E-state index in [0.29, 0.717) is 0 Å². The molecule has 1 aromatic heterocycles. The van der Waals surface area contributed by atoms with E-state index in [1.54, 1.807) is 0 Å². The van der Waals surface area contributed by atoms with E-state index >= 15 is 0 Å². The van der Waals surface area contributed by atoms with E-state index in [-0.39, 0.29) is 11.5 Å². The van der Waals surface area contributed by atoms with Crippen LogP contribution in [0.5, 0.6) is 0 Å². The first-order chi connectivity index (χ1) is 11.6. The third-order valence-corrected chi connectivity index (χ3v) is 5.60. The maximum Gasteiger partial charge on any atom is 0.134 e. The molecule has 1 unspecified atom stereocenters. The maximum absolute atomic E-state index is 6.40. The van der Waals surface area contributed by atoms with Crippen molar-refractivity contribution in [3.63, 3.8) is 0 Å². The molecular weight excluding hydrogens is 296 g/mol. The summed E-state index contributed by atoms with van der Waals surface area (Å²) in [6, 6.07) is 17.3. The molecule has 0 saturated heterocycles. The fourth-order valence-electron chi connectivity index (χ4n) is 4.00. The topological polar surface area (TPSA) is 42.4 Å². The van der Waals surface area contributed by atoms with E-state index in [1.807, 2.05) is 12.1 Å². The number of benzene rings is 2. The van der Waals surface area contributed by atoms with Crippen molar-refractivity contribution in [2.75, 3.05) is 13.6 Å². The molecule has 2 aromatic carbocycles. The molecule has 0 radical (unpaired) electrons. The Bertz CT molecular complexity index is 889. The molecular formula is C21H22N2O. The number of rotatable bonds is 2. The largest absolute Gasteiger partial charge is 0.460 e. The summed E-state index contributed by atoms with van der Waals surface area (Å²) >= 11 is 0. The van der Waals surface area contributed by atoms with Crippen LogP contribution >= 0.6 is 0 Å². The van der Waals surface area contributed by atoms with Gasteiger partial charge in [0.2, 0.25) is 0 Å². The van der Waals surface area contributed by atoms with Crippen LogP contribution in [0.25, 0.3) is 11.0 Å². The molecule has 1 saturated carbocycles. The lowest BCUT2D eigenvalue weighted by atomic mass is 9.86. The van der Waals surface area contributed by atoms with Gasteiger partial charge >= 0.3 is 0 Å². The Morgan fingerprint density at radius 3 is 2.75 bits per heavy atom. The molecule has 3 heteroatoms. The summed E-state index contributed by atoms with van der Waals surface area (Å²) in [6.45, 7) is 1.97. The second-order valence-electron chi connectivity index (χ2n) is 7.51. The van der Waals surface area contributed by atoms with Crippen molar-refractivity contribution in [1.29, 1.82) is 0 Å². The van der Waals surface area contributed by atoms with Crippen LogP contribution in [-0.4, -0.2) is 18.5 Å². The lowest BCUT2D eigenvalue weighted by Crippen LogP contribution is -2.31. The standard InChI is InChI=1S/C21H22N2O/c1-23-12-15-10-16(21(22)8-9-21)6-7-17(15)18(13-23)20-11-14-4-2-3-5-19(14)24-20/h2-7,10-11,18H,8-9,12-13,22H2,1H3. The molecule has 1 fully saturated rings. The van der Waals surface area contributed by atoms with E-state index in [1.165, 1.54) is 22.1 Å². The van der Waals surface area contributed by atoms with Crippen molar-refractivity contribution < 1.29 is 4.42 Å². The van der Waals surface area contributed by atoms with Gasteiger partial charge in [0.25, 0.3) is 0 Å². The highest BCUT2D eigenvalue weighted by molar-refractivity contribution is 5.78. The Labute approximate surface area is 142 Å². The van der Waals surface area contributed by atoms with Crippen LogP contribution in [0.4, 0.5) is 0 Å². The van der Waals surface area contributed by atoms with Gasteiger partial charge in [-0.2, -0.15) is 0 Å². The average molecular weight is 318 g/mol. The van der Waals surface area contributed by atoms with Crippen LogP contribution < -0.4 is 5.73 Å². The second kappa shape index (κ2) is 4.95. The summed E-state index contributed by atoms with van der Waals surface area (Å²) in [5.41, 5.74) is 11.4. The molecule has 2 heterocycles. The zero-order chi connectivity index (χ0) is 16.3. The number of nitrogens with two attached hydrogens (primary N) is 1. The van der Waals surface area contributed by atoms with Crippen LogP contribution in [0.1, 0.15) is 41.2 Å². The molecule has 0 spiro atoms. The monoisotopic (exact) mass is 318 g/mol. The van der Waals surface area contributed by atoms with E-state index in [4.69, 9.17) is 10.2 Å². The highest BCUT2D eigenvalue weighted by Gasteiger charge is 2.40. The lowest BCUT2D eigenvalue weighted by Gasteiger charge is -2.32. The highest BCUT2D eigenvalue weighted by Crippen LogP contribution is 2.44. The summed E-state index contributed by atoms with van der Waals surface area (Å²) in [6.07, 6.45) is 2.21. The van der Waals surface area contributed by atoms with Crippen molar-refractivity contribution in [2.24, 2.45) is 5.73 Å². The lowest BCUT2D eigenvalue weighted by molar-refractivity contribution is 0.282. The first-order valence-electron chi connectivity index (χ1n) is 8.72. The van der Waals surface area contributed by atoms with E-state index in [9.17, 15) is 0 Å². The number of furan rings is 1. The Hall–Kier alpha value is -2.10. The SMILES string of the molecule is CN1Cc2cc(C3(N)CC3)ccc2C(c2cc3ccccc3o2)C1. The Morgan fingerprint density at radius 1 is 1.12 bits per heavy atom. The van der Waals surface area contributed by atoms with Gasteiger partial charge in [-0.05, 0) is 48.7 Å². The van der Waals surface area contributed by atoms with Gasteiger partial charge in [-0.15, -0.1) is 0 Å². The third kappa shape index (κ3) is 2.20. The van der Waals surface area contributed by atoms with Crippen LogP contribution in [0.3, 0.4) is 0 Å². The van der Waals surface area contributed by atoms with Crippen LogP contribution in [0.2, 0.25) is 0 Å². The summed E-state index contributed by atoms with van der Waals surface area (Å²) in [5.74, 6) is 1.35. The minimum Gasteiger partial charge on any atom is -0.460 e. The molecule has 2 aliphatic rings. The van der Waals surface area contributed by atoms with Gasteiger partial charge in [-0.1, -0.05) is 36.4 Å². The predicted molar refractivity (Wildman–Crippen MR) is 95.9 cm³/mol. The van der Waals surface area contributed by atoms with Crippen LogP contribution in [-0.2, 0) is 12.1 Å². The quantitative estimate of drug-likeness (QED) is 0.778. The van der Waals surface area contributed by atoms with Crippen molar-refractivity contribution in [1.82, 2.24) is 4.90 Å². The molecule has 24 heavy (non-hydrogen) atoms. The van der Waals surface area contributed by atoms with E-state index in [0.717, 1.165) is 37.3 Å². The fraction of sp³-hybridized carbons (Fsp3) is 0.333. The highest BCUT2D eigenvalue weighted by atomic mass is 16.3. The summed E-state index contributed by atoms with van der Waals surface area (Å²) in [5, 5.41) is 1.18. The molecule has 0 amide bonds. The Kier molecular flexibility index (Phi) is 2.94. The van der Waals surface area contributed by atoms with Crippen molar-refractivity contribution in [2.45, 2.75) is 30.8 Å². The normalized spacial score (nSPS) is 22.5. The molecule has 2 N–H and O–H groups in total. The molecule has 5 rings (SSSR count). The van der Waals surface area contributed by atoms with Crippen LogP contribution in [0.15, 0.2) is 52.9 Å². The van der Waals surface area contributed by atoms with Gasteiger partial charge in [-0.25, -0.2) is 0 Å². The predicted octanol–water partition coefficient (Wildman–Crippen LogP) is 3.96. The Balaban J connectivity index is 1.60. The van der Waals surface area contributed by atoms with Gasteiger partial charge < -0.3 is 15.1 Å². The van der Waals surface area contributed by atoms with Gasteiger partial charge in [0.1, 0.15) is 11.3 Å². The zero-order valence-electron chi connectivity index (χ0n) is 14.0. The van der Waals surface area contributed by atoms with Gasteiger partial charge in [-0.3, -0.25) is 0 Å². The van der Waals surface area contributed by atoms with E-state index < -0.39 is 0 Å². The molecule has 1 aliphatic heterocycles. The smallest absolute Gasteiger partial charge is 0.134 e. The zero-order valence-corrected chi connectivity index (χ0v) is 14.0. The van der Waals surface area contributed by atoms with Crippen molar-refractivity contribution in [3.8, 4) is 0 Å².